The Hall–Kier alpha value is -3.64. The maximum atomic E-state index is 10.9. The van der Waals surface area contributed by atoms with E-state index in [1.54, 1.807) is 30.3 Å². The summed E-state index contributed by atoms with van der Waals surface area (Å²) in [6.07, 6.45) is 1.97. The number of aromatic nitrogens is 1. The van der Waals surface area contributed by atoms with Gasteiger partial charge in [0, 0.05) is 52.4 Å². The lowest BCUT2D eigenvalue weighted by Crippen LogP contribution is -2.26. The number of hydrogen-bond acceptors (Lipinski definition) is 5. The first kappa shape index (κ1) is 28.6. The molecule has 0 aliphatic heterocycles. The summed E-state index contributed by atoms with van der Waals surface area (Å²) in [6.45, 7) is 18.9. The van der Waals surface area contributed by atoms with E-state index < -0.39 is 8.07 Å². The quantitative estimate of drug-likeness (QED) is 0.172. The highest BCUT2D eigenvalue weighted by Crippen LogP contribution is 2.27. The Morgan fingerprint density at radius 1 is 0.861 bits per heavy atom. The molecule has 8 nitrogen and oxygen atoms in total. The molecule has 192 valence electrons. The average molecular weight is 509 g/mol. The van der Waals surface area contributed by atoms with Crippen LogP contribution in [-0.2, 0) is 5.54 Å². The highest BCUT2D eigenvalue weighted by molar-refractivity contribution is 6.83. The Morgan fingerprint density at radius 2 is 1.42 bits per heavy atom. The summed E-state index contributed by atoms with van der Waals surface area (Å²) in [6, 6.07) is 11.7. The summed E-state index contributed by atoms with van der Waals surface area (Å²) >= 11 is 0. The van der Waals surface area contributed by atoms with E-state index >= 15 is 0 Å². The number of nitrogens with zero attached hydrogens (tertiary/aromatic N) is 3. The van der Waals surface area contributed by atoms with E-state index in [4.69, 9.17) is 0 Å². The van der Waals surface area contributed by atoms with E-state index in [1.165, 1.54) is 6.07 Å². The van der Waals surface area contributed by atoms with Crippen LogP contribution in [0.1, 0.15) is 47.1 Å². The minimum Gasteiger partial charge on any atom is -0.379 e. The van der Waals surface area contributed by atoms with Crippen molar-refractivity contribution in [2.75, 3.05) is 5.32 Å². The van der Waals surface area contributed by atoms with E-state index in [0.717, 1.165) is 16.6 Å². The van der Waals surface area contributed by atoms with E-state index in [1.807, 2.05) is 33.0 Å². The molecule has 0 radical (unpaired) electrons. The lowest BCUT2D eigenvalue weighted by atomic mass is 10.1. The lowest BCUT2D eigenvalue weighted by molar-refractivity contribution is -0.385. The van der Waals surface area contributed by atoms with Gasteiger partial charge in [-0.2, -0.15) is 0 Å². The van der Waals surface area contributed by atoms with Crippen LogP contribution < -0.4 is 5.32 Å². The van der Waals surface area contributed by atoms with Gasteiger partial charge in [0.05, 0.1) is 21.1 Å². The third-order valence-corrected chi connectivity index (χ3v) is 5.78. The molecule has 0 fully saturated rings. The maximum Gasteiger partial charge on any atom is 0.270 e. The molecule has 0 saturated heterocycles. The second-order valence-corrected chi connectivity index (χ2v) is 16.5. The number of anilines is 1. The molecule has 0 atom stereocenters. The first-order valence-corrected chi connectivity index (χ1v) is 15.2. The third kappa shape index (κ3) is 8.24. The zero-order valence-corrected chi connectivity index (χ0v) is 23.6. The number of fused-ring (bicyclic) bond motifs is 1. The molecule has 3 rings (SSSR count). The monoisotopic (exact) mass is 508 g/mol. The second kappa shape index (κ2) is 10.5. The van der Waals surface area contributed by atoms with Gasteiger partial charge in [0.25, 0.3) is 11.4 Å². The molecule has 0 saturated carbocycles. The van der Waals surface area contributed by atoms with Crippen LogP contribution in [0.5, 0.6) is 0 Å². The summed E-state index contributed by atoms with van der Waals surface area (Å²) in [5, 5.41) is 25.8. The van der Waals surface area contributed by atoms with Gasteiger partial charge in [0.1, 0.15) is 8.07 Å². The number of nitro groups is 2. The fraction of sp³-hybridized carbons (Fsp3) is 0.407. The molecule has 1 N–H and O–H groups in total. The van der Waals surface area contributed by atoms with Crippen molar-refractivity contribution >= 4 is 36.0 Å². The molecule has 1 heterocycles. The largest absolute Gasteiger partial charge is 0.379 e. The molecule has 0 bridgehead atoms. The van der Waals surface area contributed by atoms with Gasteiger partial charge in [0.2, 0.25) is 0 Å². The molecule has 1 aromatic heterocycles. The number of nitrogens with one attached hydrogen (secondary N) is 1. The topological polar surface area (TPSA) is 103 Å². The standard InChI is InChI=1S/C15H22N2O2Si.C12H14N2O2/c1-15(2,3)16-14-8-7-13(17(18)19)11-12(14)9-10-20(4,5)6;1-12(2,3)13-7-6-9-8-10(14(15)16)4-5-11(9)13/h7-8,11,16H,1-6H3;4-8H,1-3H3. The summed E-state index contributed by atoms with van der Waals surface area (Å²) in [5.74, 6) is 3.12. The molecule has 0 amide bonds. The Morgan fingerprint density at radius 3 is 1.92 bits per heavy atom. The molecule has 0 aliphatic carbocycles. The molecule has 9 heteroatoms. The molecule has 0 aliphatic rings. The third-order valence-electron chi connectivity index (χ3n) is 4.90. The highest BCUT2D eigenvalue weighted by Gasteiger charge is 2.17. The van der Waals surface area contributed by atoms with Crippen LogP contribution in [0.4, 0.5) is 17.1 Å². The van der Waals surface area contributed by atoms with Crippen LogP contribution in [0.2, 0.25) is 19.6 Å². The summed E-state index contributed by atoms with van der Waals surface area (Å²) in [7, 11) is -1.52. The van der Waals surface area contributed by atoms with E-state index in [2.05, 4.69) is 61.8 Å². The van der Waals surface area contributed by atoms with Crippen LogP contribution >= 0.6 is 0 Å². The lowest BCUT2D eigenvalue weighted by Gasteiger charge is -2.23. The molecule has 0 unspecified atom stereocenters. The zero-order valence-electron chi connectivity index (χ0n) is 22.6. The number of non-ortho nitro benzene ring substituents is 2. The van der Waals surface area contributed by atoms with Crippen molar-refractivity contribution < 1.29 is 9.85 Å². The van der Waals surface area contributed by atoms with Gasteiger partial charge >= 0.3 is 0 Å². The predicted molar refractivity (Wildman–Crippen MR) is 150 cm³/mol. The number of benzene rings is 2. The summed E-state index contributed by atoms with van der Waals surface area (Å²) < 4.78 is 2.12. The van der Waals surface area contributed by atoms with Gasteiger partial charge in [-0.1, -0.05) is 25.6 Å². The van der Waals surface area contributed by atoms with Crippen molar-refractivity contribution in [3.05, 3.63) is 74.5 Å². The van der Waals surface area contributed by atoms with Gasteiger partial charge in [-0.15, -0.1) is 5.54 Å². The minimum atomic E-state index is -1.52. The predicted octanol–water partition coefficient (Wildman–Crippen LogP) is 7.34. The molecule has 0 spiro atoms. The molecular formula is C27H36N4O4Si. The minimum absolute atomic E-state index is 0.0160. The average Bonchev–Trinajstić information content (AvgIpc) is 3.15. The summed E-state index contributed by atoms with van der Waals surface area (Å²) in [4.78, 5) is 20.8. The van der Waals surface area contributed by atoms with Crippen molar-refractivity contribution in [1.29, 1.82) is 0 Å². The van der Waals surface area contributed by atoms with Gasteiger partial charge in [0.15, 0.2) is 0 Å². The summed E-state index contributed by atoms with van der Waals surface area (Å²) in [5.41, 5.74) is 5.89. The molecular weight excluding hydrogens is 472 g/mol. The normalized spacial score (nSPS) is 11.7. The van der Waals surface area contributed by atoms with Crippen LogP contribution in [0.15, 0.2) is 48.7 Å². The second-order valence-electron chi connectivity index (χ2n) is 11.7. The van der Waals surface area contributed by atoms with Crippen molar-refractivity contribution in [3.63, 3.8) is 0 Å². The zero-order chi connectivity index (χ0) is 27.5. The number of nitro benzene ring substituents is 2. The number of rotatable bonds is 3. The van der Waals surface area contributed by atoms with Crippen LogP contribution in [0.25, 0.3) is 10.9 Å². The highest BCUT2D eigenvalue weighted by atomic mass is 28.3. The van der Waals surface area contributed by atoms with Crippen molar-refractivity contribution in [3.8, 4) is 11.5 Å². The Kier molecular flexibility index (Phi) is 8.37. The Balaban J connectivity index is 0.000000259. The molecule has 3 aromatic rings. The van der Waals surface area contributed by atoms with E-state index in [-0.39, 0.29) is 32.3 Å². The molecule has 2 aromatic carbocycles. The fourth-order valence-corrected chi connectivity index (χ4v) is 3.86. The van der Waals surface area contributed by atoms with E-state index in [0.29, 0.717) is 5.56 Å². The SMILES string of the molecule is CC(C)(C)Nc1ccc([N+](=O)[O-])cc1C#C[Si](C)(C)C.CC(C)(C)n1ccc2cc([N+](=O)[O-])ccc21. The van der Waals surface area contributed by atoms with Crippen LogP contribution in [0, 0.1) is 31.7 Å². The van der Waals surface area contributed by atoms with Crippen molar-refractivity contribution in [2.24, 2.45) is 0 Å². The fourth-order valence-electron chi connectivity index (χ4n) is 3.35. The van der Waals surface area contributed by atoms with Gasteiger partial charge in [-0.05, 0) is 59.7 Å². The maximum absolute atomic E-state index is 10.9. The van der Waals surface area contributed by atoms with Gasteiger partial charge in [-0.3, -0.25) is 20.2 Å². The van der Waals surface area contributed by atoms with Crippen molar-refractivity contribution in [1.82, 2.24) is 4.57 Å². The van der Waals surface area contributed by atoms with Crippen LogP contribution in [0.3, 0.4) is 0 Å². The molecule has 36 heavy (non-hydrogen) atoms. The Labute approximate surface area is 214 Å². The van der Waals surface area contributed by atoms with E-state index in [9.17, 15) is 20.2 Å². The first-order valence-electron chi connectivity index (χ1n) is 11.7. The number of hydrogen-bond donors (Lipinski definition) is 1. The van der Waals surface area contributed by atoms with Gasteiger partial charge < -0.3 is 9.88 Å². The van der Waals surface area contributed by atoms with Gasteiger partial charge in [-0.25, -0.2) is 0 Å². The Bertz CT molecular complexity index is 1330. The van der Waals surface area contributed by atoms with Crippen molar-refractivity contribution in [2.45, 2.75) is 72.3 Å². The van der Waals surface area contributed by atoms with Crippen LogP contribution in [-0.4, -0.2) is 28.0 Å². The smallest absolute Gasteiger partial charge is 0.270 e. The first-order chi connectivity index (χ1) is 16.4.